The third-order valence-corrected chi connectivity index (χ3v) is 5.15. The quantitative estimate of drug-likeness (QED) is 0.530. The number of nitrogens with zero attached hydrogens (tertiary/aromatic N) is 4. The number of hydrogen-bond donors (Lipinski definition) is 0. The second-order valence-corrected chi connectivity index (χ2v) is 7.31. The Morgan fingerprint density at radius 1 is 1.23 bits per heavy atom. The number of anilines is 1. The van der Waals surface area contributed by atoms with Crippen molar-refractivity contribution >= 4 is 33.0 Å². The van der Waals surface area contributed by atoms with Gasteiger partial charge in [0.25, 0.3) is 5.56 Å². The monoisotopic (exact) mass is 386 g/mol. The third kappa shape index (κ3) is 3.23. The fourth-order valence-electron chi connectivity index (χ4n) is 2.60. The van der Waals surface area contributed by atoms with Crippen molar-refractivity contribution in [3.05, 3.63) is 69.3 Å². The minimum atomic E-state index is -0.175. The van der Waals surface area contributed by atoms with E-state index in [0.717, 1.165) is 17.1 Å². The molecule has 0 saturated carbocycles. The number of halogens is 1. The molecule has 8 heteroatoms. The molecule has 4 aromatic rings. The fraction of sp³-hybridized carbons (Fsp3) is 0.167. The molecule has 0 saturated heterocycles. The largest absolute Gasteiger partial charge is 0.459 e. The van der Waals surface area contributed by atoms with Crippen molar-refractivity contribution in [3.8, 4) is 11.3 Å². The summed E-state index contributed by atoms with van der Waals surface area (Å²) >= 11 is 7.29. The molecule has 6 nitrogen and oxygen atoms in total. The summed E-state index contributed by atoms with van der Waals surface area (Å²) < 4.78 is 7.25. The van der Waals surface area contributed by atoms with Gasteiger partial charge < -0.3 is 9.32 Å². The zero-order valence-corrected chi connectivity index (χ0v) is 15.7. The summed E-state index contributed by atoms with van der Waals surface area (Å²) in [7, 11) is 1.90. The predicted octanol–water partition coefficient (Wildman–Crippen LogP) is 4.01. The zero-order valence-electron chi connectivity index (χ0n) is 14.1. The lowest BCUT2D eigenvalue weighted by Crippen LogP contribution is -2.18. The lowest BCUT2D eigenvalue weighted by Gasteiger charge is -2.12. The fourth-order valence-corrected chi connectivity index (χ4v) is 3.64. The molecule has 0 aliphatic heterocycles. The van der Waals surface area contributed by atoms with Gasteiger partial charge in [0.15, 0.2) is 0 Å². The van der Waals surface area contributed by atoms with Crippen LogP contribution in [0.5, 0.6) is 0 Å². The van der Waals surface area contributed by atoms with Crippen LogP contribution < -0.4 is 10.5 Å². The number of fused-ring (bicyclic) bond motifs is 1. The average Bonchev–Trinajstić information content (AvgIpc) is 3.22. The summed E-state index contributed by atoms with van der Waals surface area (Å²) in [5.74, 6) is 1.58. The van der Waals surface area contributed by atoms with Gasteiger partial charge in [-0.3, -0.25) is 4.79 Å². The van der Waals surface area contributed by atoms with Crippen LogP contribution in [-0.2, 0) is 6.54 Å². The van der Waals surface area contributed by atoms with E-state index in [1.165, 1.54) is 21.9 Å². The number of aryl methyl sites for hydroxylation is 1. The van der Waals surface area contributed by atoms with Crippen LogP contribution in [0, 0.1) is 6.92 Å². The maximum absolute atomic E-state index is 12.0. The SMILES string of the molecule is Cc1cc(=O)n2nc(N(C)Cc3ccc(-c4ccc(Cl)cc4)o3)sc2n1. The van der Waals surface area contributed by atoms with Crippen molar-refractivity contribution in [1.29, 1.82) is 0 Å². The molecule has 0 spiro atoms. The molecule has 0 aliphatic carbocycles. The molecular weight excluding hydrogens is 372 g/mol. The van der Waals surface area contributed by atoms with Crippen LogP contribution >= 0.6 is 22.9 Å². The first-order valence-electron chi connectivity index (χ1n) is 7.93. The molecule has 0 bridgehead atoms. The van der Waals surface area contributed by atoms with Crippen LogP contribution in [0.1, 0.15) is 11.5 Å². The van der Waals surface area contributed by atoms with Crippen LogP contribution in [0.2, 0.25) is 5.02 Å². The minimum Gasteiger partial charge on any atom is -0.459 e. The van der Waals surface area contributed by atoms with E-state index in [4.69, 9.17) is 16.0 Å². The number of rotatable bonds is 4. The molecular formula is C18H15ClN4O2S. The average molecular weight is 387 g/mol. The van der Waals surface area contributed by atoms with E-state index in [0.29, 0.717) is 27.4 Å². The van der Waals surface area contributed by atoms with Crippen molar-refractivity contribution < 1.29 is 4.42 Å². The standard InChI is InChI=1S/C18H15ClN4O2S/c1-11-9-16(24)23-17(20-11)26-18(21-23)22(2)10-14-7-8-15(25-14)12-3-5-13(19)6-4-12/h3-9H,10H2,1-2H3. The van der Waals surface area contributed by atoms with E-state index in [9.17, 15) is 4.79 Å². The van der Waals surface area contributed by atoms with Crippen molar-refractivity contribution in [3.63, 3.8) is 0 Å². The lowest BCUT2D eigenvalue weighted by molar-refractivity contribution is 0.519. The van der Waals surface area contributed by atoms with E-state index in [-0.39, 0.29) is 5.56 Å². The van der Waals surface area contributed by atoms with Crippen molar-refractivity contribution in [1.82, 2.24) is 14.6 Å². The van der Waals surface area contributed by atoms with E-state index in [1.54, 1.807) is 6.92 Å². The first kappa shape index (κ1) is 16.8. The molecule has 1 aromatic carbocycles. The highest BCUT2D eigenvalue weighted by Gasteiger charge is 2.13. The molecule has 0 amide bonds. The molecule has 0 fully saturated rings. The van der Waals surface area contributed by atoms with E-state index in [2.05, 4.69) is 10.1 Å². The van der Waals surface area contributed by atoms with Gasteiger partial charge >= 0.3 is 0 Å². The van der Waals surface area contributed by atoms with Gasteiger partial charge in [-0.2, -0.15) is 4.52 Å². The summed E-state index contributed by atoms with van der Waals surface area (Å²) in [4.78, 5) is 18.9. The Kier molecular flexibility index (Phi) is 4.26. The Hall–Kier alpha value is -2.64. The highest BCUT2D eigenvalue weighted by Crippen LogP contribution is 2.26. The summed E-state index contributed by atoms with van der Waals surface area (Å²) in [6.07, 6.45) is 0. The van der Waals surface area contributed by atoms with Gasteiger partial charge in [-0.15, -0.1) is 5.10 Å². The van der Waals surface area contributed by atoms with E-state index in [1.807, 2.05) is 48.3 Å². The second-order valence-electron chi connectivity index (χ2n) is 5.94. The van der Waals surface area contributed by atoms with Gasteiger partial charge in [-0.25, -0.2) is 4.98 Å². The smallest absolute Gasteiger partial charge is 0.275 e. The summed E-state index contributed by atoms with van der Waals surface area (Å²) in [5.41, 5.74) is 1.48. The lowest BCUT2D eigenvalue weighted by atomic mass is 10.2. The Morgan fingerprint density at radius 2 is 2.00 bits per heavy atom. The van der Waals surface area contributed by atoms with Gasteiger partial charge in [-0.05, 0) is 43.3 Å². The van der Waals surface area contributed by atoms with E-state index < -0.39 is 0 Å². The Morgan fingerprint density at radius 3 is 2.77 bits per heavy atom. The van der Waals surface area contributed by atoms with Crippen LogP contribution in [0.4, 0.5) is 5.13 Å². The van der Waals surface area contributed by atoms with Gasteiger partial charge in [0.1, 0.15) is 11.5 Å². The molecule has 0 aliphatic rings. The number of hydrogen-bond acceptors (Lipinski definition) is 6. The minimum absolute atomic E-state index is 0.175. The van der Waals surface area contributed by atoms with Gasteiger partial charge in [0, 0.05) is 29.4 Å². The summed E-state index contributed by atoms with van der Waals surface area (Å²) in [6.45, 7) is 2.33. The summed E-state index contributed by atoms with van der Waals surface area (Å²) in [6, 6.07) is 12.8. The third-order valence-electron chi connectivity index (χ3n) is 3.87. The van der Waals surface area contributed by atoms with Crippen molar-refractivity contribution in [2.75, 3.05) is 11.9 Å². The normalized spacial score (nSPS) is 11.2. The van der Waals surface area contributed by atoms with Crippen molar-refractivity contribution in [2.45, 2.75) is 13.5 Å². The topological polar surface area (TPSA) is 63.6 Å². The summed E-state index contributed by atoms with van der Waals surface area (Å²) in [5, 5.41) is 5.74. The van der Waals surface area contributed by atoms with Gasteiger partial charge in [-0.1, -0.05) is 22.9 Å². The van der Waals surface area contributed by atoms with E-state index >= 15 is 0 Å². The second kappa shape index (κ2) is 6.59. The highest BCUT2D eigenvalue weighted by atomic mass is 35.5. The van der Waals surface area contributed by atoms with Gasteiger partial charge in [0.05, 0.1) is 6.54 Å². The Bertz CT molecular complexity index is 1130. The zero-order chi connectivity index (χ0) is 18.3. The highest BCUT2D eigenvalue weighted by molar-refractivity contribution is 7.20. The molecule has 0 unspecified atom stereocenters. The number of benzene rings is 1. The maximum Gasteiger partial charge on any atom is 0.275 e. The van der Waals surface area contributed by atoms with Crippen LogP contribution in [0.25, 0.3) is 16.3 Å². The Labute approximate surface area is 158 Å². The number of furan rings is 1. The first-order chi connectivity index (χ1) is 12.5. The molecule has 132 valence electrons. The molecule has 26 heavy (non-hydrogen) atoms. The van der Waals surface area contributed by atoms with Crippen LogP contribution in [-0.4, -0.2) is 21.6 Å². The molecule has 0 radical (unpaired) electrons. The molecule has 3 heterocycles. The Balaban J connectivity index is 1.57. The predicted molar refractivity (Wildman–Crippen MR) is 103 cm³/mol. The van der Waals surface area contributed by atoms with Gasteiger partial charge in [0.2, 0.25) is 10.1 Å². The molecule has 0 N–H and O–H groups in total. The maximum atomic E-state index is 12.0. The van der Waals surface area contributed by atoms with Crippen LogP contribution in [0.15, 0.2) is 51.7 Å². The van der Waals surface area contributed by atoms with Crippen LogP contribution in [0.3, 0.4) is 0 Å². The van der Waals surface area contributed by atoms with Crippen molar-refractivity contribution in [2.24, 2.45) is 0 Å². The molecule has 4 rings (SSSR count). The number of aromatic nitrogens is 3. The molecule has 0 atom stereocenters. The molecule has 3 aromatic heterocycles. The first-order valence-corrected chi connectivity index (χ1v) is 9.12.